The molecular weight excluding hydrogens is 993 g/mol. The van der Waals surface area contributed by atoms with Crippen LogP contribution >= 0.6 is 0 Å². The van der Waals surface area contributed by atoms with Gasteiger partial charge >= 0.3 is 0 Å². The number of rotatable bonds is 4. The number of hydrogen-bond donors (Lipinski definition) is 0. The van der Waals surface area contributed by atoms with E-state index in [1.54, 1.807) is 0 Å². The Hall–Kier alpha value is -9.38. The number of aromatic nitrogens is 2. The minimum Gasteiger partial charge on any atom is -0.309 e. The minimum atomic E-state index is -0.206. The van der Waals surface area contributed by atoms with Crippen LogP contribution in [0.15, 0.2) is 231 Å². The Balaban J connectivity index is 0.772. The molecule has 2 aromatic heterocycles. The van der Waals surface area contributed by atoms with E-state index in [1.165, 1.54) is 144 Å². The van der Waals surface area contributed by atoms with Gasteiger partial charge in [-0.25, -0.2) is 0 Å². The van der Waals surface area contributed by atoms with Gasteiger partial charge in [-0.15, -0.1) is 0 Å². The third kappa shape index (κ3) is 6.11. The lowest BCUT2D eigenvalue weighted by atomic mass is 9.65. The Morgan fingerprint density at radius 1 is 0.232 bits per heavy atom. The van der Waals surface area contributed by atoms with Gasteiger partial charge in [-0.2, -0.15) is 0 Å². The van der Waals surface area contributed by atoms with Crippen molar-refractivity contribution in [3.8, 4) is 33.6 Å². The van der Waals surface area contributed by atoms with Gasteiger partial charge in [-0.1, -0.05) is 177 Å². The van der Waals surface area contributed by atoms with Crippen molar-refractivity contribution in [3.05, 3.63) is 275 Å². The first-order valence-electron chi connectivity index (χ1n) is 29.3. The third-order valence-electron chi connectivity index (χ3n) is 20.0. The second-order valence-corrected chi connectivity index (χ2v) is 25.8. The van der Waals surface area contributed by atoms with E-state index < -0.39 is 0 Å². The standard InChI is InChI=1S/C78H62N4/c1-75(2)57-23-11-17-29-69(57)81-70-30-18-12-24-58(70)76(3,4)62-44-49(43-61(75)73(62)81)47-33-39-67-55(41-47)53-21-9-15-27-65(53)79(67)51-35-37-52(38-36-51)80-66-28-16-10-22-54(66)56-42-48(34-40-68(56)80)50-45-63-74-64(46-50)78(7,8)60-26-14-20-32-72(60)82(74)71-31-19-13-25-59(71)77(63,5)6/h9-46H,1-8H3. The van der Waals surface area contributed by atoms with Crippen LogP contribution in [0.4, 0.5) is 34.1 Å². The maximum absolute atomic E-state index is 2.55. The zero-order valence-corrected chi connectivity index (χ0v) is 47.7. The van der Waals surface area contributed by atoms with E-state index in [0.717, 1.165) is 11.4 Å². The van der Waals surface area contributed by atoms with Crippen molar-refractivity contribution >= 4 is 77.7 Å². The molecule has 4 nitrogen and oxygen atoms in total. The van der Waals surface area contributed by atoms with E-state index in [0.29, 0.717) is 0 Å². The molecule has 6 heterocycles. The zero-order chi connectivity index (χ0) is 55.3. The molecule has 0 atom stereocenters. The molecule has 82 heavy (non-hydrogen) atoms. The Morgan fingerprint density at radius 3 is 0.841 bits per heavy atom. The van der Waals surface area contributed by atoms with Crippen molar-refractivity contribution in [2.75, 3.05) is 9.80 Å². The number of benzene rings is 11. The summed E-state index contributed by atoms with van der Waals surface area (Å²) in [6.07, 6.45) is 0. The summed E-state index contributed by atoms with van der Waals surface area (Å²) >= 11 is 0. The van der Waals surface area contributed by atoms with Crippen molar-refractivity contribution in [1.29, 1.82) is 0 Å². The first-order valence-corrected chi connectivity index (χ1v) is 29.3. The third-order valence-corrected chi connectivity index (χ3v) is 20.0. The lowest BCUT2D eigenvalue weighted by Crippen LogP contribution is -2.38. The van der Waals surface area contributed by atoms with Gasteiger partial charge < -0.3 is 18.9 Å². The van der Waals surface area contributed by atoms with Gasteiger partial charge in [-0.05, 0) is 176 Å². The topological polar surface area (TPSA) is 16.3 Å². The molecule has 4 aliphatic heterocycles. The summed E-state index contributed by atoms with van der Waals surface area (Å²) in [5.74, 6) is 0. The van der Waals surface area contributed by atoms with Gasteiger partial charge in [0.2, 0.25) is 0 Å². The second-order valence-electron chi connectivity index (χ2n) is 25.8. The van der Waals surface area contributed by atoms with E-state index in [-0.39, 0.29) is 21.7 Å². The Labute approximate surface area is 479 Å². The van der Waals surface area contributed by atoms with E-state index in [1.807, 2.05) is 0 Å². The molecule has 4 heteroatoms. The molecule has 0 aliphatic carbocycles. The summed E-state index contributed by atoms with van der Waals surface area (Å²) in [6, 6.07) is 87.5. The zero-order valence-electron chi connectivity index (χ0n) is 47.7. The van der Waals surface area contributed by atoms with Crippen LogP contribution in [0, 0.1) is 0 Å². The molecule has 4 aliphatic rings. The molecule has 17 rings (SSSR count). The smallest absolute Gasteiger partial charge is 0.0544 e. The minimum absolute atomic E-state index is 0.206. The van der Waals surface area contributed by atoms with Crippen LogP contribution in [0.25, 0.3) is 77.2 Å². The lowest BCUT2D eigenvalue weighted by molar-refractivity contribution is 0.597. The molecule has 0 amide bonds. The fourth-order valence-corrected chi connectivity index (χ4v) is 15.7. The first-order chi connectivity index (χ1) is 39.7. The molecule has 0 radical (unpaired) electrons. The molecule has 0 spiro atoms. The fourth-order valence-electron chi connectivity index (χ4n) is 15.7. The summed E-state index contributed by atoms with van der Waals surface area (Å²) in [5.41, 5.74) is 29.9. The molecule has 0 N–H and O–H groups in total. The van der Waals surface area contributed by atoms with Gasteiger partial charge in [0.05, 0.1) is 56.2 Å². The fraction of sp³-hybridized carbons (Fsp3) is 0.154. The van der Waals surface area contributed by atoms with Gasteiger partial charge in [-0.3, -0.25) is 0 Å². The van der Waals surface area contributed by atoms with Crippen molar-refractivity contribution in [1.82, 2.24) is 9.13 Å². The quantitative estimate of drug-likeness (QED) is 0.175. The molecule has 0 bridgehead atoms. The van der Waals surface area contributed by atoms with E-state index in [4.69, 9.17) is 0 Å². The number of anilines is 6. The van der Waals surface area contributed by atoms with Gasteiger partial charge in [0.25, 0.3) is 0 Å². The molecule has 0 saturated heterocycles. The van der Waals surface area contributed by atoms with Crippen LogP contribution < -0.4 is 9.80 Å². The summed E-state index contributed by atoms with van der Waals surface area (Å²) in [6.45, 7) is 19.3. The predicted octanol–water partition coefficient (Wildman–Crippen LogP) is 20.7. The van der Waals surface area contributed by atoms with Crippen LogP contribution in [0.2, 0.25) is 0 Å². The number of hydrogen-bond acceptors (Lipinski definition) is 2. The van der Waals surface area contributed by atoms with Crippen molar-refractivity contribution in [3.63, 3.8) is 0 Å². The molecule has 0 unspecified atom stereocenters. The van der Waals surface area contributed by atoms with E-state index >= 15 is 0 Å². The Kier molecular flexibility index (Phi) is 9.35. The van der Waals surface area contributed by atoms with Gasteiger partial charge in [0.1, 0.15) is 0 Å². The molecule has 0 fully saturated rings. The van der Waals surface area contributed by atoms with Crippen molar-refractivity contribution in [2.45, 2.75) is 77.0 Å². The predicted molar refractivity (Wildman–Crippen MR) is 344 cm³/mol. The highest BCUT2D eigenvalue weighted by molar-refractivity contribution is 6.12. The second kappa shape index (κ2) is 16.2. The average molecular weight is 1060 g/mol. The van der Waals surface area contributed by atoms with Crippen LogP contribution in [0.3, 0.4) is 0 Å². The maximum Gasteiger partial charge on any atom is 0.0544 e. The molecule has 11 aromatic carbocycles. The lowest BCUT2D eigenvalue weighted by Gasteiger charge is -2.49. The highest BCUT2D eigenvalue weighted by Gasteiger charge is 2.47. The van der Waals surface area contributed by atoms with E-state index in [2.05, 4.69) is 305 Å². The Morgan fingerprint density at radius 2 is 0.512 bits per heavy atom. The largest absolute Gasteiger partial charge is 0.309 e. The van der Waals surface area contributed by atoms with E-state index in [9.17, 15) is 0 Å². The van der Waals surface area contributed by atoms with Crippen molar-refractivity contribution < 1.29 is 0 Å². The molecule has 13 aromatic rings. The van der Waals surface area contributed by atoms with Gasteiger partial charge in [0, 0.05) is 54.6 Å². The van der Waals surface area contributed by atoms with Crippen LogP contribution in [0.5, 0.6) is 0 Å². The number of para-hydroxylation sites is 6. The first kappa shape index (κ1) is 47.4. The van der Waals surface area contributed by atoms with Crippen molar-refractivity contribution in [2.24, 2.45) is 0 Å². The van der Waals surface area contributed by atoms with Crippen LogP contribution in [-0.2, 0) is 21.7 Å². The summed E-state index contributed by atoms with van der Waals surface area (Å²) in [5, 5.41) is 5.00. The van der Waals surface area contributed by atoms with Crippen LogP contribution in [-0.4, -0.2) is 9.13 Å². The SMILES string of the molecule is CC1(C)c2ccccc2N2c3ccccc3C(C)(C)c3cc(-c4ccc5c(c4)c4ccccc4n5-c4ccc(-n5c6ccccc6c6cc(-c7cc8c9c(c7)C(C)(C)c7ccccc7N9c7ccccc7C8(C)C)ccc65)cc4)cc1c32. The summed E-state index contributed by atoms with van der Waals surface area (Å²) < 4.78 is 4.91. The molecule has 394 valence electrons. The highest BCUT2D eigenvalue weighted by Crippen LogP contribution is 2.63. The van der Waals surface area contributed by atoms with Gasteiger partial charge in [0.15, 0.2) is 0 Å². The average Bonchev–Trinajstić information content (AvgIpc) is 2.80. The monoisotopic (exact) mass is 1050 g/mol. The summed E-state index contributed by atoms with van der Waals surface area (Å²) in [7, 11) is 0. The number of fused-ring (bicyclic) bond motifs is 14. The normalized spacial score (nSPS) is 16.1. The molecule has 0 saturated carbocycles. The number of nitrogens with zero attached hydrogens (tertiary/aromatic N) is 4. The van der Waals surface area contributed by atoms with Crippen LogP contribution in [0.1, 0.15) is 99.9 Å². The Bertz CT molecular complexity index is 4470. The maximum atomic E-state index is 2.55. The molecular formula is C78H62N4. The highest BCUT2D eigenvalue weighted by atomic mass is 15.2. The summed E-state index contributed by atoms with van der Waals surface area (Å²) in [4.78, 5) is 5.10.